The molecule has 1 fully saturated rings. The van der Waals surface area contributed by atoms with E-state index in [1.165, 1.54) is 0 Å². The second kappa shape index (κ2) is 2.41. The molecule has 0 radical (unpaired) electrons. The molecule has 1 atom stereocenters. The van der Waals surface area contributed by atoms with Crippen molar-refractivity contribution >= 4 is 5.91 Å². The number of carbonyl (C=O) groups excluding carboxylic acids is 1. The summed E-state index contributed by atoms with van der Waals surface area (Å²) < 4.78 is 24.7. The van der Waals surface area contributed by atoms with E-state index in [9.17, 15) is 13.6 Å². The van der Waals surface area contributed by atoms with Crippen LogP contribution in [-0.4, -0.2) is 17.9 Å². The van der Waals surface area contributed by atoms with Crippen molar-refractivity contribution in [3.05, 3.63) is 0 Å². The molecule has 0 aromatic rings. The monoisotopic (exact) mass is 177 g/mol. The van der Waals surface area contributed by atoms with Crippen LogP contribution in [0, 0.1) is 5.41 Å². The molecule has 1 N–H and O–H groups in total. The van der Waals surface area contributed by atoms with E-state index in [2.05, 4.69) is 5.32 Å². The molecule has 4 heteroatoms. The maximum Gasteiger partial charge on any atom is 0.270 e. The molecule has 0 aliphatic heterocycles. The maximum atomic E-state index is 12.3. The fourth-order valence-corrected chi connectivity index (χ4v) is 0.745. The lowest BCUT2D eigenvalue weighted by atomic mass is 9.96. The van der Waals surface area contributed by atoms with Crippen molar-refractivity contribution in [2.45, 2.75) is 39.2 Å². The highest BCUT2D eigenvalue weighted by Gasteiger charge is 2.58. The van der Waals surface area contributed by atoms with Crippen LogP contribution < -0.4 is 5.32 Å². The van der Waals surface area contributed by atoms with Gasteiger partial charge in [0.1, 0.15) is 0 Å². The van der Waals surface area contributed by atoms with Crippen LogP contribution in [0.1, 0.15) is 27.2 Å². The van der Waals surface area contributed by atoms with Crippen molar-refractivity contribution in [3.63, 3.8) is 0 Å². The van der Waals surface area contributed by atoms with E-state index in [-0.39, 0.29) is 12.3 Å². The Morgan fingerprint density at radius 2 is 1.92 bits per heavy atom. The SMILES string of the molecule is CC(C)(C)C(=O)NC1CC1(F)F. The first-order valence-electron chi connectivity index (χ1n) is 3.92. The van der Waals surface area contributed by atoms with Crippen molar-refractivity contribution in [1.82, 2.24) is 5.32 Å². The van der Waals surface area contributed by atoms with Gasteiger partial charge in [0.05, 0.1) is 6.04 Å². The number of rotatable bonds is 1. The minimum absolute atomic E-state index is 0.213. The molecular formula is C8H13F2NO. The predicted molar refractivity (Wildman–Crippen MR) is 40.9 cm³/mol. The van der Waals surface area contributed by atoms with Gasteiger partial charge in [-0.3, -0.25) is 4.79 Å². The average molecular weight is 177 g/mol. The lowest BCUT2D eigenvalue weighted by Crippen LogP contribution is -2.38. The molecule has 0 heterocycles. The third kappa shape index (κ3) is 1.93. The summed E-state index contributed by atoms with van der Waals surface area (Å²) >= 11 is 0. The fraction of sp³-hybridized carbons (Fsp3) is 0.875. The van der Waals surface area contributed by atoms with Crippen molar-refractivity contribution in [3.8, 4) is 0 Å². The Morgan fingerprint density at radius 3 is 2.17 bits per heavy atom. The highest BCUT2D eigenvalue weighted by Crippen LogP contribution is 2.42. The van der Waals surface area contributed by atoms with Crippen LogP contribution in [0.4, 0.5) is 8.78 Å². The summed E-state index contributed by atoms with van der Waals surface area (Å²) in [4.78, 5) is 11.2. The van der Waals surface area contributed by atoms with Gasteiger partial charge in [-0.15, -0.1) is 0 Å². The molecule has 0 bridgehead atoms. The quantitative estimate of drug-likeness (QED) is 0.647. The summed E-state index contributed by atoms with van der Waals surface area (Å²) in [5.74, 6) is -2.98. The standard InChI is InChI=1S/C8H13F2NO/c1-7(2,3)6(12)11-5-4-8(5,9)10/h5H,4H2,1-3H3,(H,11,12). The Labute approximate surface area is 70.3 Å². The number of hydrogen-bond donors (Lipinski definition) is 1. The second-order valence-electron chi connectivity index (χ2n) is 4.24. The lowest BCUT2D eigenvalue weighted by Gasteiger charge is -2.17. The zero-order valence-corrected chi connectivity index (χ0v) is 7.45. The molecule has 1 amide bonds. The van der Waals surface area contributed by atoms with Gasteiger partial charge in [-0.1, -0.05) is 20.8 Å². The van der Waals surface area contributed by atoms with Gasteiger partial charge < -0.3 is 5.32 Å². The first-order valence-corrected chi connectivity index (χ1v) is 3.92. The predicted octanol–water partition coefficient (Wildman–Crippen LogP) is 1.56. The zero-order chi connectivity index (χ0) is 9.57. The smallest absolute Gasteiger partial charge is 0.270 e. The van der Waals surface area contributed by atoms with Gasteiger partial charge in [0, 0.05) is 11.8 Å². The number of halogens is 2. The highest BCUT2D eigenvalue weighted by molar-refractivity contribution is 5.82. The van der Waals surface area contributed by atoms with Gasteiger partial charge in [-0.25, -0.2) is 8.78 Å². The van der Waals surface area contributed by atoms with Crippen LogP contribution in [0.5, 0.6) is 0 Å². The molecule has 1 aliphatic rings. The van der Waals surface area contributed by atoms with E-state index in [1.807, 2.05) is 0 Å². The Morgan fingerprint density at radius 1 is 1.50 bits per heavy atom. The molecule has 0 aromatic heterocycles. The Bertz CT molecular complexity index is 208. The summed E-state index contributed by atoms with van der Waals surface area (Å²) in [5, 5.41) is 2.30. The van der Waals surface area contributed by atoms with Gasteiger partial charge in [-0.2, -0.15) is 0 Å². The van der Waals surface area contributed by atoms with Crippen LogP contribution in [-0.2, 0) is 4.79 Å². The van der Waals surface area contributed by atoms with Crippen molar-refractivity contribution in [2.75, 3.05) is 0 Å². The molecule has 1 unspecified atom stereocenters. The first kappa shape index (κ1) is 9.42. The van der Waals surface area contributed by atoms with Crippen LogP contribution >= 0.6 is 0 Å². The molecule has 2 nitrogen and oxygen atoms in total. The molecule has 0 saturated heterocycles. The first-order chi connectivity index (χ1) is 5.23. The van der Waals surface area contributed by atoms with Gasteiger partial charge in [0.15, 0.2) is 0 Å². The number of nitrogens with one attached hydrogen (secondary N) is 1. The molecule has 1 aliphatic carbocycles. The lowest BCUT2D eigenvalue weighted by molar-refractivity contribution is -0.129. The van der Waals surface area contributed by atoms with E-state index < -0.39 is 17.4 Å². The molecular weight excluding hydrogens is 164 g/mol. The second-order valence-corrected chi connectivity index (χ2v) is 4.24. The molecule has 12 heavy (non-hydrogen) atoms. The normalized spacial score (nSPS) is 26.6. The minimum atomic E-state index is -2.67. The molecule has 1 rings (SSSR count). The van der Waals surface area contributed by atoms with Crippen molar-refractivity contribution < 1.29 is 13.6 Å². The minimum Gasteiger partial charge on any atom is -0.347 e. The van der Waals surface area contributed by atoms with E-state index in [1.54, 1.807) is 20.8 Å². The van der Waals surface area contributed by atoms with Crippen LogP contribution in [0.25, 0.3) is 0 Å². The summed E-state index contributed by atoms with van der Waals surface area (Å²) in [5.41, 5.74) is -0.585. The van der Waals surface area contributed by atoms with E-state index in [0.717, 1.165) is 0 Å². The maximum absolute atomic E-state index is 12.3. The third-order valence-corrected chi connectivity index (χ3v) is 1.81. The van der Waals surface area contributed by atoms with Gasteiger partial charge in [0.2, 0.25) is 5.91 Å². The Hall–Kier alpha value is -0.670. The van der Waals surface area contributed by atoms with E-state index in [0.29, 0.717) is 0 Å². The zero-order valence-electron chi connectivity index (χ0n) is 7.45. The van der Waals surface area contributed by atoms with E-state index >= 15 is 0 Å². The van der Waals surface area contributed by atoms with Crippen LogP contribution in [0.15, 0.2) is 0 Å². The molecule has 70 valence electrons. The fourth-order valence-electron chi connectivity index (χ4n) is 0.745. The van der Waals surface area contributed by atoms with Crippen LogP contribution in [0.3, 0.4) is 0 Å². The average Bonchev–Trinajstić information content (AvgIpc) is 2.36. The highest BCUT2D eigenvalue weighted by atomic mass is 19.3. The summed E-state index contributed by atoms with van der Waals surface area (Å²) in [6.07, 6.45) is -0.213. The number of carbonyl (C=O) groups is 1. The summed E-state index contributed by atoms with van der Waals surface area (Å²) in [6, 6.07) is -0.927. The third-order valence-electron chi connectivity index (χ3n) is 1.81. The molecule has 0 spiro atoms. The largest absolute Gasteiger partial charge is 0.347 e. The van der Waals surface area contributed by atoms with Crippen LogP contribution in [0.2, 0.25) is 0 Å². The van der Waals surface area contributed by atoms with Gasteiger partial charge in [-0.05, 0) is 0 Å². The summed E-state index contributed by atoms with van der Waals surface area (Å²) in [6.45, 7) is 5.09. The van der Waals surface area contributed by atoms with Gasteiger partial charge in [0.25, 0.3) is 5.92 Å². The Balaban J connectivity index is 2.40. The number of hydrogen-bond acceptors (Lipinski definition) is 1. The Kier molecular flexibility index (Phi) is 1.89. The van der Waals surface area contributed by atoms with E-state index in [4.69, 9.17) is 0 Å². The van der Waals surface area contributed by atoms with Crippen molar-refractivity contribution in [1.29, 1.82) is 0 Å². The summed E-state index contributed by atoms with van der Waals surface area (Å²) in [7, 11) is 0. The topological polar surface area (TPSA) is 29.1 Å². The number of alkyl halides is 2. The number of amides is 1. The van der Waals surface area contributed by atoms with Crippen molar-refractivity contribution in [2.24, 2.45) is 5.41 Å². The molecule has 1 saturated carbocycles. The van der Waals surface area contributed by atoms with Gasteiger partial charge >= 0.3 is 0 Å². The molecule has 0 aromatic carbocycles.